The summed E-state index contributed by atoms with van der Waals surface area (Å²) < 4.78 is 42.8. The van der Waals surface area contributed by atoms with E-state index >= 15 is 0 Å². The Morgan fingerprint density at radius 2 is 1.78 bits per heavy atom. The molecule has 0 aromatic rings. The number of carbonyl (C=O) groups excluding carboxylic acids is 1. The van der Waals surface area contributed by atoms with Crippen LogP contribution in [-0.4, -0.2) is 43.3 Å². The Morgan fingerprint density at radius 3 is 2.11 bits per heavy atom. The molecule has 0 aromatic heterocycles. The van der Waals surface area contributed by atoms with Crippen molar-refractivity contribution >= 4 is 5.97 Å². The summed E-state index contributed by atoms with van der Waals surface area (Å²) in [6.07, 6.45) is -2.59. The molecule has 3 nitrogen and oxygen atoms in total. The fourth-order valence-corrected chi connectivity index (χ4v) is 1.27. The standard InChI is InChI=1S/C12H19F3O3/c1-8(2)11(17)18-9(3)4-10(16)12(5-13,6-14)7-15/h9-10,16H,1,4-7H2,2-3H3. The number of carbonyl (C=O) groups is 1. The number of alkyl halides is 3. The second-order valence-corrected chi connectivity index (χ2v) is 4.51. The first kappa shape index (κ1) is 17.0. The van der Waals surface area contributed by atoms with Crippen LogP contribution in [0, 0.1) is 5.41 Å². The van der Waals surface area contributed by atoms with Crippen molar-refractivity contribution in [3.05, 3.63) is 12.2 Å². The molecule has 106 valence electrons. The molecule has 0 saturated heterocycles. The number of ether oxygens (including phenoxy) is 1. The van der Waals surface area contributed by atoms with Crippen LogP contribution in [0.3, 0.4) is 0 Å². The molecule has 0 radical (unpaired) electrons. The topological polar surface area (TPSA) is 46.5 Å². The predicted molar refractivity (Wildman–Crippen MR) is 61.3 cm³/mol. The maximum Gasteiger partial charge on any atom is 0.333 e. The van der Waals surface area contributed by atoms with Crippen LogP contribution in [0.25, 0.3) is 0 Å². The first-order valence-corrected chi connectivity index (χ1v) is 5.55. The summed E-state index contributed by atoms with van der Waals surface area (Å²) in [5, 5.41) is 9.65. The molecule has 0 aliphatic rings. The Morgan fingerprint density at radius 1 is 1.33 bits per heavy atom. The Labute approximate surface area is 105 Å². The molecular weight excluding hydrogens is 249 g/mol. The largest absolute Gasteiger partial charge is 0.459 e. The quantitative estimate of drug-likeness (QED) is 0.542. The first-order valence-electron chi connectivity index (χ1n) is 5.55. The number of hydrogen-bond donors (Lipinski definition) is 1. The molecule has 0 spiro atoms. The van der Waals surface area contributed by atoms with Crippen LogP contribution in [0.2, 0.25) is 0 Å². The normalized spacial score (nSPS) is 15.0. The summed E-state index contributed by atoms with van der Waals surface area (Å²) in [5.74, 6) is -0.666. The second kappa shape index (κ2) is 7.41. The highest BCUT2D eigenvalue weighted by Crippen LogP contribution is 2.28. The van der Waals surface area contributed by atoms with Gasteiger partial charge in [-0.15, -0.1) is 0 Å². The lowest BCUT2D eigenvalue weighted by atomic mass is 9.83. The molecule has 0 amide bonds. The highest BCUT2D eigenvalue weighted by atomic mass is 19.1. The van der Waals surface area contributed by atoms with Gasteiger partial charge in [-0.3, -0.25) is 13.2 Å². The van der Waals surface area contributed by atoms with Crippen LogP contribution in [0.4, 0.5) is 13.2 Å². The van der Waals surface area contributed by atoms with Crippen molar-refractivity contribution in [2.24, 2.45) is 5.41 Å². The van der Waals surface area contributed by atoms with Gasteiger partial charge in [0.25, 0.3) is 0 Å². The Bertz CT molecular complexity index is 282. The van der Waals surface area contributed by atoms with Gasteiger partial charge in [0, 0.05) is 12.0 Å². The highest BCUT2D eigenvalue weighted by molar-refractivity contribution is 5.87. The van der Waals surface area contributed by atoms with Gasteiger partial charge in [0.15, 0.2) is 0 Å². The number of aliphatic hydroxyl groups excluding tert-OH is 1. The SMILES string of the molecule is C=C(C)C(=O)OC(C)CC(O)C(CF)(CF)CF. The van der Waals surface area contributed by atoms with Gasteiger partial charge in [0.05, 0.1) is 11.5 Å². The molecule has 1 N–H and O–H groups in total. The molecule has 18 heavy (non-hydrogen) atoms. The molecule has 6 heteroatoms. The average Bonchev–Trinajstić information content (AvgIpc) is 2.31. The minimum absolute atomic E-state index is 0.170. The monoisotopic (exact) mass is 268 g/mol. The van der Waals surface area contributed by atoms with E-state index in [1.807, 2.05) is 0 Å². The van der Waals surface area contributed by atoms with E-state index in [1.54, 1.807) is 0 Å². The minimum Gasteiger partial charge on any atom is -0.459 e. The summed E-state index contributed by atoms with van der Waals surface area (Å²) in [6, 6.07) is 0. The second-order valence-electron chi connectivity index (χ2n) is 4.51. The van der Waals surface area contributed by atoms with Gasteiger partial charge in [0.2, 0.25) is 0 Å². The van der Waals surface area contributed by atoms with Crippen molar-refractivity contribution < 1.29 is 27.8 Å². The molecule has 2 unspecified atom stereocenters. The summed E-state index contributed by atoms with van der Waals surface area (Å²) in [5.41, 5.74) is -1.90. The lowest BCUT2D eigenvalue weighted by Crippen LogP contribution is -2.43. The van der Waals surface area contributed by atoms with Gasteiger partial charge in [0.1, 0.15) is 26.1 Å². The minimum atomic E-state index is -2.07. The number of halogens is 3. The van der Waals surface area contributed by atoms with E-state index < -0.39 is 43.6 Å². The van der Waals surface area contributed by atoms with Crippen LogP contribution < -0.4 is 0 Å². The molecule has 0 aliphatic carbocycles. The first-order chi connectivity index (χ1) is 8.32. The van der Waals surface area contributed by atoms with E-state index in [1.165, 1.54) is 13.8 Å². The number of aliphatic hydroxyl groups is 1. The maximum absolute atomic E-state index is 12.6. The van der Waals surface area contributed by atoms with Crippen molar-refractivity contribution in [2.75, 3.05) is 20.0 Å². The van der Waals surface area contributed by atoms with Gasteiger partial charge in [-0.05, 0) is 13.8 Å². The third kappa shape index (κ3) is 4.33. The van der Waals surface area contributed by atoms with Gasteiger partial charge in [-0.2, -0.15) is 0 Å². The zero-order chi connectivity index (χ0) is 14.3. The van der Waals surface area contributed by atoms with Crippen molar-refractivity contribution in [2.45, 2.75) is 32.5 Å². The van der Waals surface area contributed by atoms with Gasteiger partial charge in [-0.25, -0.2) is 4.79 Å². The van der Waals surface area contributed by atoms with Crippen molar-refractivity contribution in [1.29, 1.82) is 0 Å². The lowest BCUT2D eigenvalue weighted by molar-refractivity contribution is -0.146. The maximum atomic E-state index is 12.6. The predicted octanol–water partition coefficient (Wildman–Crippen LogP) is 2.14. The van der Waals surface area contributed by atoms with Crippen molar-refractivity contribution in [1.82, 2.24) is 0 Å². The summed E-state index contributed by atoms with van der Waals surface area (Å²) in [4.78, 5) is 11.2. The number of hydrogen-bond acceptors (Lipinski definition) is 3. The van der Waals surface area contributed by atoms with E-state index in [-0.39, 0.29) is 12.0 Å². The van der Waals surface area contributed by atoms with Crippen LogP contribution in [0.5, 0.6) is 0 Å². The van der Waals surface area contributed by atoms with E-state index in [9.17, 15) is 23.1 Å². The fraction of sp³-hybridized carbons (Fsp3) is 0.750. The molecule has 0 heterocycles. The zero-order valence-corrected chi connectivity index (χ0v) is 10.6. The molecule has 0 bridgehead atoms. The molecule has 0 aliphatic heterocycles. The Hall–Kier alpha value is -1.04. The average molecular weight is 268 g/mol. The summed E-state index contributed by atoms with van der Waals surface area (Å²) in [6.45, 7) is 2.31. The molecule has 0 fully saturated rings. The molecule has 0 rings (SSSR count). The Kier molecular flexibility index (Phi) is 6.98. The smallest absolute Gasteiger partial charge is 0.333 e. The van der Waals surface area contributed by atoms with Crippen LogP contribution in [-0.2, 0) is 9.53 Å². The molecule has 0 saturated carbocycles. The van der Waals surface area contributed by atoms with Gasteiger partial charge >= 0.3 is 5.97 Å². The van der Waals surface area contributed by atoms with E-state index in [0.29, 0.717) is 0 Å². The number of rotatable bonds is 8. The van der Waals surface area contributed by atoms with Crippen LogP contribution in [0.15, 0.2) is 12.2 Å². The van der Waals surface area contributed by atoms with Crippen molar-refractivity contribution in [3.63, 3.8) is 0 Å². The zero-order valence-electron chi connectivity index (χ0n) is 10.6. The van der Waals surface area contributed by atoms with E-state index in [4.69, 9.17) is 4.74 Å². The highest BCUT2D eigenvalue weighted by Gasteiger charge is 2.40. The fourth-order valence-electron chi connectivity index (χ4n) is 1.27. The van der Waals surface area contributed by atoms with Gasteiger partial charge < -0.3 is 9.84 Å². The lowest BCUT2D eigenvalue weighted by Gasteiger charge is -2.31. The molecule has 0 aromatic carbocycles. The van der Waals surface area contributed by atoms with Crippen LogP contribution >= 0.6 is 0 Å². The summed E-state index contributed by atoms with van der Waals surface area (Å²) >= 11 is 0. The summed E-state index contributed by atoms with van der Waals surface area (Å²) in [7, 11) is 0. The molecule has 2 atom stereocenters. The van der Waals surface area contributed by atoms with Crippen molar-refractivity contribution in [3.8, 4) is 0 Å². The van der Waals surface area contributed by atoms with E-state index in [0.717, 1.165) is 0 Å². The third-order valence-corrected chi connectivity index (χ3v) is 2.72. The van der Waals surface area contributed by atoms with E-state index in [2.05, 4.69) is 6.58 Å². The third-order valence-electron chi connectivity index (χ3n) is 2.72. The van der Waals surface area contributed by atoms with Crippen LogP contribution in [0.1, 0.15) is 20.3 Å². The Balaban J connectivity index is 4.50. The molecular formula is C12H19F3O3. The number of esters is 1. The van der Waals surface area contributed by atoms with Gasteiger partial charge in [-0.1, -0.05) is 6.58 Å².